The maximum absolute atomic E-state index is 14.2. The van der Waals surface area contributed by atoms with Crippen molar-refractivity contribution < 1.29 is 13.9 Å². The molecule has 4 rings (SSSR count). The Hall–Kier alpha value is -2.81. The predicted molar refractivity (Wildman–Crippen MR) is 129 cm³/mol. The molecule has 1 aromatic heterocycles. The van der Waals surface area contributed by atoms with Crippen LogP contribution in [0.2, 0.25) is 10.0 Å². The molecule has 164 valence electrons. The number of halogens is 4. The number of anilines is 3. The van der Waals surface area contributed by atoms with E-state index in [0.29, 0.717) is 34.6 Å². The summed E-state index contributed by atoms with van der Waals surface area (Å²) in [4.78, 5) is 20.4. The second-order valence-corrected chi connectivity index (χ2v) is 8.39. The van der Waals surface area contributed by atoms with E-state index in [4.69, 9.17) is 27.9 Å². The Kier molecular flexibility index (Phi) is 6.55. The monoisotopic (exact) mass is 536 g/mol. The van der Waals surface area contributed by atoms with Gasteiger partial charge in [0.1, 0.15) is 11.6 Å². The highest BCUT2D eigenvalue weighted by Gasteiger charge is 2.18. The van der Waals surface area contributed by atoms with Crippen molar-refractivity contribution in [2.45, 2.75) is 6.92 Å². The summed E-state index contributed by atoms with van der Waals surface area (Å²) in [7, 11) is 0. The number of nitrogens with zero attached hydrogens (tertiary/aromatic N) is 1. The average molecular weight is 538 g/mol. The minimum absolute atomic E-state index is 0.00328. The summed E-state index contributed by atoms with van der Waals surface area (Å²) in [5.74, 6) is -0.309. The van der Waals surface area contributed by atoms with Crippen LogP contribution in [-0.4, -0.2) is 22.5 Å². The highest BCUT2D eigenvalue weighted by Crippen LogP contribution is 2.34. The van der Waals surface area contributed by atoms with Crippen LogP contribution < -0.4 is 15.4 Å². The zero-order chi connectivity index (χ0) is 22.8. The zero-order valence-electron chi connectivity index (χ0n) is 16.6. The van der Waals surface area contributed by atoms with E-state index in [1.54, 1.807) is 24.3 Å². The Morgan fingerprint density at radius 2 is 1.94 bits per heavy atom. The van der Waals surface area contributed by atoms with Crippen LogP contribution >= 0.6 is 39.1 Å². The normalized spacial score (nSPS) is 10.9. The van der Waals surface area contributed by atoms with Crippen molar-refractivity contribution in [1.82, 2.24) is 9.97 Å². The lowest BCUT2D eigenvalue weighted by molar-refractivity contribution is 0.102. The van der Waals surface area contributed by atoms with Gasteiger partial charge in [0.2, 0.25) is 5.95 Å². The fourth-order valence-corrected chi connectivity index (χ4v) is 3.66. The van der Waals surface area contributed by atoms with E-state index in [0.717, 1.165) is 4.47 Å². The molecular weight excluding hydrogens is 522 g/mol. The minimum atomic E-state index is -0.579. The van der Waals surface area contributed by atoms with Gasteiger partial charge in [0.05, 0.1) is 38.9 Å². The molecule has 0 aliphatic rings. The number of nitrogens with one attached hydrogen (secondary N) is 3. The van der Waals surface area contributed by atoms with Gasteiger partial charge in [0, 0.05) is 16.2 Å². The van der Waals surface area contributed by atoms with Gasteiger partial charge in [-0.15, -0.1) is 0 Å². The number of aromatic nitrogens is 2. The van der Waals surface area contributed by atoms with Gasteiger partial charge in [-0.05, 0) is 49.4 Å². The molecule has 0 aliphatic heterocycles. The highest BCUT2D eigenvalue weighted by atomic mass is 79.9. The first-order valence-electron chi connectivity index (χ1n) is 9.49. The number of hydrogen-bond donors (Lipinski definition) is 3. The van der Waals surface area contributed by atoms with Gasteiger partial charge >= 0.3 is 0 Å². The van der Waals surface area contributed by atoms with E-state index >= 15 is 0 Å². The Balaban J connectivity index is 1.68. The smallest absolute Gasteiger partial charge is 0.259 e. The molecule has 0 aliphatic carbocycles. The van der Waals surface area contributed by atoms with Crippen LogP contribution in [0.4, 0.5) is 21.7 Å². The van der Waals surface area contributed by atoms with Crippen molar-refractivity contribution in [2.24, 2.45) is 0 Å². The maximum atomic E-state index is 14.2. The number of hydrogen-bond acceptors (Lipinski definition) is 4. The van der Waals surface area contributed by atoms with E-state index in [1.807, 2.05) is 19.1 Å². The lowest BCUT2D eigenvalue weighted by Crippen LogP contribution is -2.13. The van der Waals surface area contributed by atoms with E-state index in [-0.39, 0.29) is 27.6 Å². The van der Waals surface area contributed by atoms with Crippen molar-refractivity contribution in [2.75, 3.05) is 17.2 Å². The Morgan fingerprint density at radius 1 is 1.19 bits per heavy atom. The van der Waals surface area contributed by atoms with Crippen LogP contribution in [-0.2, 0) is 0 Å². The molecule has 0 spiro atoms. The molecule has 4 aromatic rings. The third-order valence-electron chi connectivity index (χ3n) is 4.52. The molecule has 1 heterocycles. The van der Waals surface area contributed by atoms with E-state index < -0.39 is 5.82 Å². The molecule has 10 heteroatoms. The second kappa shape index (κ2) is 9.36. The number of H-pyrrole nitrogens is 1. The zero-order valence-corrected chi connectivity index (χ0v) is 19.7. The van der Waals surface area contributed by atoms with Crippen LogP contribution in [0.25, 0.3) is 11.0 Å². The summed E-state index contributed by atoms with van der Waals surface area (Å²) in [5.41, 5.74) is 2.02. The molecule has 0 bridgehead atoms. The first-order valence-corrected chi connectivity index (χ1v) is 11.0. The van der Waals surface area contributed by atoms with Crippen molar-refractivity contribution in [1.29, 1.82) is 0 Å². The molecule has 32 heavy (non-hydrogen) atoms. The molecule has 0 atom stereocenters. The van der Waals surface area contributed by atoms with E-state index in [1.165, 1.54) is 12.1 Å². The third kappa shape index (κ3) is 4.67. The van der Waals surface area contributed by atoms with Gasteiger partial charge < -0.3 is 20.4 Å². The van der Waals surface area contributed by atoms with Crippen LogP contribution in [0, 0.1) is 5.82 Å². The molecule has 3 aromatic carbocycles. The second-order valence-electron chi connectivity index (χ2n) is 6.69. The SMILES string of the molecule is CCOc1cc2[nH]c(Nc3c(F)ccc(Cl)c3Cl)nc2cc1C(=O)Nc1ccc(Br)cc1. The number of fused-ring (bicyclic) bond motifs is 1. The van der Waals surface area contributed by atoms with Crippen molar-refractivity contribution in [3.8, 4) is 5.75 Å². The van der Waals surface area contributed by atoms with Crippen molar-refractivity contribution in [3.05, 3.63) is 74.4 Å². The van der Waals surface area contributed by atoms with Gasteiger partial charge in [0.25, 0.3) is 5.91 Å². The van der Waals surface area contributed by atoms with E-state index in [9.17, 15) is 9.18 Å². The topological polar surface area (TPSA) is 79.0 Å². The predicted octanol–water partition coefficient (Wildman–Crippen LogP) is 7.17. The molecule has 0 saturated heterocycles. The molecule has 3 N–H and O–H groups in total. The highest BCUT2D eigenvalue weighted by molar-refractivity contribution is 9.10. The van der Waals surface area contributed by atoms with Gasteiger partial charge in [-0.3, -0.25) is 4.79 Å². The number of carbonyl (C=O) groups is 1. The number of imidazole rings is 1. The number of rotatable bonds is 6. The fourth-order valence-electron chi connectivity index (χ4n) is 3.04. The lowest BCUT2D eigenvalue weighted by atomic mass is 10.1. The van der Waals surface area contributed by atoms with Crippen LogP contribution in [0.15, 0.2) is 53.0 Å². The standard InChI is InChI=1S/C22H16BrCl2FN4O2/c1-2-32-18-10-17-16(9-13(18)21(31)27-12-5-3-11(23)4-6-12)28-22(29-17)30-20-15(26)8-7-14(24)19(20)25/h3-10H,2H2,1H3,(H,27,31)(H2,28,29,30). The van der Waals surface area contributed by atoms with Crippen molar-refractivity contribution >= 4 is 73.4 Å². The van der Waals surface area contributed by atoms with Crippen LogP contribution in [0.3, 0.4) is 0 Å². The fraction of sp³-hybridized carbons (Fsp3) is 0.0909. The Bertz CT molecular complexity index is 1310. The molecule has 0 saturated carbocycles. The molecule has 6 nitrogen and oxygen atoms in total. The summed E-state index contributed by atoms with van der Waals surface area (Å²) < 4.78 is 20.8. The number of ether oxygens (including phenoxy) is 1. The Morgan fingerprint density at radius 3 is 2.66 bits per heavy atom. The molecule has 0 radical (unpaired) electrons. The van der Waals surface area contributed by atoms with Crippen molar-refractivity contribution in [3.63, 3.8) is 0 Å². The van der Waals surface area contributed by atoms with Gasteiger partial charge in [0.15, 0.2) is 0 Å². The third-order valence-corrected chi connectivity index (χ3v) is 5.85. The summed E-state index contributed by atoms with van der Waals surface area (Å²) in [6, 6.07) is 13.1. The van der Waals surface area contributed by atoms with Gasteiger partial charge in [-0.1, -0.05) is 39.1 Å². The average Bonchev–Trinajstić information content (AvgIpc) is 3.16. The summed E-state index contributed by atoms with van der Waals surface area (Å²) in [6.07, 6.45) is 0. The number of carbonyl (C=O) groups excluding carboxylic acids is 1. The Labute approximate surface area is 201 Å². The number of aromatic amines is 1. The minimum Gasteiger partial charge on any atom is -0.493 e. The van der Waals surface area contributed by atoms with E-state index in [2.05, 4.69) is 36.5 Å². The van der Waals surface area contributed by atoms with Crippen LogP contribution in [0.5, 0.6) is 5.75 Å². The first-order chi connectivity index (χ1) is 15.4. The number of benzene rings is 3. The number of amides is 1. The summed E-state index contributed by atoms with van der Waals surface area (Å²) in [5, 5.41) is 5.90. The molecule has 0 unspecified atom stereocenters. The summed E-state index contributed by atoms with van der Waals surface area (Å²) >= 11 is 15.5. The largest absolute Gasteiger partial charge is 0.493 e. The maximum Gasteiger partial charge on any atom is 0.259 e. The van der Waals surface area contributed by atoms with Crippen LogP contribution in [0.1, 0.15) is 17.3 Å². The van der Waals surface area contributed by atoms with Gasteiger partial charge in [-0.25, -0.2) is 9.37 Å². The molecular formula is C22H16BrCl2FN4O2. The molecule has 1 amide bonds. The first kappa shape index (κ1) is 22.4. The van der Waals surface area contributed by atoms with Gasteiger partial charge in [-0.2, -0.15) is 0 Å². The summed E-state index contributed by atoms with van der Waals surface area (Å²) in [6.45, 7) is 2.19. The quantitative estimate of drug-likeness (QED) is 0.228. The lowest BCUT2D eigenvalue weighted by Gasteiger charge is -2.11. The molecule has 0 fully saturated rings.